The summed E-state index contributed by atoms with van der Waals surface area (Å²) in [6, 6.07) is 4.23. The van der Waals surface area contributed by atoms with Gasteiger partial charge in [0, 0.05) is 36.4 Å². The lowest BCUT2D eigenvalue weighted by molar-refractivity contribution is -0.137. The van der Waals surface area contributed by atoms with Gasteiger partial charge < -0.3 is 37.0 Å². The SMILES string of the molecule is NC(=O)CC[C@@H](C=O)NC(=O)[C@H](Cc1c[nH]c2ccccc12)NC(=O)[C@@H](N)CCC(=O)O. The molecule has 172 valence electrons. The molecule has 0 saturated heterocycles. The minimum Gasteiger partial charge on any atom is -0.481 e. The number of hydrogen-bond acceptors (Lipinski definition) is 6. The molecular weight excluding hydrogens is 418 g/mol. The number of carbonyl (C=O) groups excluding carboxylic acids is 4. The van der Waals surface area contributed by atoms with E-state index >= 15 is 0 Å². The fourth-order valence-electron chi connectivity index (χ4n) is 3.17. The Hall–Kier alpha value is -3.73. The Kier molecular flexibility index (Phi) is 8.90. The molecular formula is C21H27N5O6. The van der Waals surface area contributed by atoms with Crippen LogP contribution < -0.4 is 22.1 Å². The van der Waals surface area contributed by atoms with Gasteiger partial charge in [-0.3, -0.25) is 19.2 Å². The lowest BCUT2D eigenvalue weighted by Crippen LogP contribution is -2.54. The molecule has 3 atom stereocenters. The second-order valence-electron chi connectivity index (χ2n) is 7.42. The molecule has 11 nitrogen and oxygen atoms in total. The van der Waals surface area contributed by atoms with Crippen molar-refractivity contribution < 1.29 is 29.1 Å². The number of hydrogen-bond donors (Lipinski definition) is 6. The van der Waals surface area contributed by atoms with Crippen LogP contribution in [0.15, 0.2) is 30.5 Å². The van der Waals surface area contributed by atoms with E-state index in [0.29, 0.717) is 6.29 Å². The average molecular weight is 445 g/mol. The van der Waals surface area contributed by atoms with Gasteiger partial charge in [-0.1, -0.05) is 18.2 Å². The summed E-state index contributed by atoms with van der Waals surface area (Å²) in [5.74, 6) is -3.04. The van der Waals surface area contributed by atoms with Crippen LogP contribution in [0.2, 0.25) is 0 Å². The fraction of sp³-hybridized carbons (Fsp3) is 0.381. The van der Waals surface area contributed by atoms with E-state index in [1.165, 1.54) is 0 Å². The molecule has 0 bridgehead atoms. The minimum atomic E-state index is -1.12. The maximum Gasteiger partial charge on any atom is 0.303 e. The maximum atomic E-state index is 12.9. The predicted octanol–water partition coefficient (Wildman–Crippen LogP) is -0.663. The van der Waals surface area contributed by atoms with Crippen molar-refractivity contribution in [3.8, 4) is 0 Å². The van der Waals surface area contributed by atoms with Crippen LogP contribution in [0.1, 0.15) is 31.2 Å². The van der Waals surface area contributed by atoms with Crippen molar-refractivity contribution >= 4 is 40.9 Å². The van der Waals surface area contributed by atoms with Gasteiger partial charge >= 0.3 is 5.97 Å². The number of para-hydroxylation sites is 1. The zero-order valence-corrected chi connectivity index (χ0v) is 17.4. The largest absolute Gasteiger partial charge is 0.481 e. The molecule has 1 aromatic carbocycles. The van der Waals surface area contributed by atoms with Crippen LogP contribution in [0.25, 0.3) is 10.9 Å². The molecule has 1 heterocycles. The Morgan fingerprint density at radius 1 is 1.06 bits per heavy atom. The highest BCUT2D eigenvalue weighted by atomic mass is 16.4. The molecule has 0 saturated carbocycles. The Morgan fingerprint density at radius 3 is 2.44 bits per heavy atom. The number of nitrogens with two attached hydrogens (primary N) is 2. The van der Waals surface area contributed by atoms with Crippen molar-refractivity contribution in [1.29, 1.82) is 0 Å². The number of carboxylic acids is 1. The molecule has 2 aromatic rings. The molecule has 0 aliphatic rings. The number of nitrogens with one attached hydrogen (secondary N) is 3. The number of aldehydes is 1. The van der Waals surface area contributed by atoms with E-state index in [-0.39, 0.29) is 32.1 Å². The van der Waals surface area contributed by atoms with E-state index < -0.39 is 41.8 Å². The van der Waals surface area contributed by atoms with E-state index in [2.05, 4.69) is 15.6 Å². The lowest BCUT2D eigenvalue weighted by Gasteiger charge is -2.22. The number of aromatic nitrogens is 1. The standard InChI is InChI=1S/C21H27N5O6/c22-15(6-8-19(29)30)20(31)26-17(21(32)25-13(11-27)5-7-18(23)28)9-12-10-24-16-4-2-1-3-14(12)16/h1-4,10-11,13,15,17,24H,5-9,22H2,(H2,23,28)(H,25,32)(H,26,31)(H,29,30)/t13-,15-,17-/m0/s1. The first-order valence-corrected chi connectivity index (χ1v) is 10.1. The molecule has 0 aliphatic heterocycles. The van der Waals surface area contributed by atoms with Crippen LogP contribution in [-0.2, 0) is 30.4 Å². The molecule has 8 N–H and O–H groups in total. The maximum absolute atomic E-state index is 12.9. The summed E-state index contributed by atoms with van der Waals surface area (Å²) in [5, 5.41) is 14.7. The highest BCUT2D eigenvalue weighted by Crippen LogP contribution is 2.19. The summed E-state index contributed by atoms with van der Waals surface area (Å²) < 4.78 is 0. The van der Waals surface area contributed by atoms with Gasteiger partial charge in [-0.25, -0.2) is 0 Å². The lowest BCUT2D eigenvalue weighted by atomic mass is 10.0. The van der Waals surface area contributed by atoms with Crippen molar-refractivity contribution in [2.24, 2.45) is 11.5 Å². The number of aliphatic carboxylic acids is 1. The van der Waals surface area contributed by atoms with Crippen LogP contribution in [-0.4, -0.2) is 58.2 Å². The Morgan fingerprint density at radius 2 is 1.78 bits per heavy atom. The predicted molar refractivity (Wildman–Crippen MR) is 115 cm³/mol. The zero-order chi connectivity index (χ0) is 23.7. The number of primary amides is 1. The number of H-pyrrole nitrogens is 1. The number of fused-ring (bicyclic) bond motifs is 1. The van der Waals surface area contributed by atoms with Gasteiger partial charge in [-0.2, -0.15) is 0 Å². The van der Waals surface area contributed by atoms with Gasteiger partial charge in [0.25, 0.3) is 0 Å². The first-order valence-electron chi connectivity index (χ1n) is 10.1. The first-order chi connectivity index (χ1) is 15.2. The number of carboxylic acid groups (broad SMARTS) is 1. The monoisotopic (exact) mass is 445 g/mol. The van der Waals surface area contributed by atoms with Crippen molar-refractivity contribution in [1.82, 2.24) is 15.6 Å². The van der Waals surface area contributed by atoms with Crippen LogP contribution >= 0.6 is 0 Å². The number of benzene rings is 1. The number of carbonyl (C=O) groups is 5. The Balaban J connectivity index is 2.18. The molecule has 0 aliphatic carbocycles. The smallest absolute Gasteiger partial charge is 0.303 e. The first kappa shape index (κ1) is 24.5. The van der Waals surface area contributed by atoms with Crippen LogP contribution in [0.3, 0.4) is 0 Å². The summed E-state index contributed by atoms with van der Waals surface area (Å²) in [4.78, 5) is 61.5. The molecule has 3 amide bonds. The van der Waals surface area contributed by atoms with Crippen LogP contribution in [0.4, 0.5) is 0 Å². The van der Waals surface area contributed by atoms with Gasteiger partial charge in [0.05, 0.1) is 12.1 Å². The molecule has 1 aromatic heterocycles. The summed E-state index contributed by atoms with van der Waals surface area (Å²) >= 11 is 0. The summed E-state index contributed by atoms with van der Waals surface area (Å²) in [6.45, 7) is 0. The Labute approximate surface area is 183 Å². The third kappa shape index (κ3) is 7.20. The quantitative estimate of drug-likeness (QED) is 0.220. The Bertz CT molecular complexity index is 988. The van der Waals surface area contributed by atoms with E-state index in [1.807, 2.05) is 24.3 Å². The summed E-state index contributed by atoms with van der Waals surface area (Å²) in [6.07, 6.45) is 1.83. The van der Waals surface area contributed by atoms with Gasteiger partial charge in [-0.05, 0) is 24.5 Å². The van der Waals surface area contributed by atoms with E-state index in [0.717, 1.165) is 16.5 Å². The normalized spacial score (nSPS) is 13.7. The molecule has 32 heavy (non-hydrogen) atoms. The van der Waals surface area contributed by atoms with E-state index in [1.54, 1.807) is 6.20 Å². The summed E-state index contributed by atoms with van der Waals surface area (Å²) in [5.41, 5.74) is 12.5. The fourth-order valence-corrected chi connectivity index (χ4v) is 3.17. The zero-order valence-electron chi connectivity index (χ0n) is 17.4. The second-order valence-corrected chi connectivity index (χ2v) is 7.42. The highest BCUT2D eigenvalue weighted by Gasteiger charge is 2.27. The summed E-state index contributed by atoms with van der Waals surface area (Å²) in [7, 11) is 0. The topological polar surface area (TPSA) is 197 Å². The minimum absolute atomic E-state index is 0.0243. The molecule has 0 spiro atoms. The van der Waals surface area contributed by atoms with Crippen molar-refractivity contribution in [3.63, 3.8) is 0 Å². The molecule has 0 fully saturated rings. The molecule has 11 heteroatoms. The van der Waals surface area contributed by atoms with Gasteiger partial charge in [-0.15, -0.1) is 0 Å². The average Bonchev–Trinajstić information content (AvgIpc) is 3.16. The van der Waals surface area contributed by atoms with Crippen molar-refractivity contribution in [2.75, 3.05) is 0 Å². The number of aromatic amines is 1. The van der Waals surface area contributed by atoms with Crippen LogP contribution in [0, 0.1) is 0 Å². The number of rotatable bonds is 13. The second kappa shape index (κ2) is 11.6. The van der Waals surface area contributed by atoms with Crippen molar-refractivity contribution in [2.45, 2.75) is 50.2 Å². The van der Waals surface area contributed by atoms with Crippen molar-refractivity contribution in [3.05, 3.63) is 36.0 Å². The molecule has 2 rings (SSSR count). The van der Waals surface area contributed by atoms with Gasteiger partial charge in [0.15, 0.2) is 0 Å². The van der Waals surface area contributed by atoms with Gasteiger partial charge in [0.2, 0.25) is 17.7 Å². The van der Waals surface area contributed by atoms with Crippen LogP contribution in [0.5, 0.6) is 0 Å². The third-order valence-corrected chi connectivity index (χ3v) is 4.93. The number of amides is 3. The highest BCUT2D eigenvalue weighted by molar-refractivity contribution is 5.92. The molecule has 0 radical (unpaired) electrons. The molecule has 0 unspecified atom stereocenters. The van der Waals surface area contributed by atoms with E-state index in [9.17, 15) is 24.0 Å². The van der Waals surface area contributed by atoms with Gasteiger partial charge in [0.1, 0.15) is 12.3 Å². The van der Waals surface area contributed by atoms with E-state index in [4.69, 9.17) is 16.6 Å². The third-order valence-electron chi connectivity index (χ3n) is 4.93.